The fraction of sp³-hybridized carbons (Fsp3) is 0.250. The van der Waals surface area contributed by atoms with Crippen molar-refractivity contribution in [1.29, 1.82) is 0 Å². The lowest BCUT2D eigenvalue weighted by molar-refractivity contribution is -0.125. The molecule has 1 fully saturated rings. The fourth-order valence-corrected chi connectivity index (χ4v) is 2.07. The van der Waals surface area contributed by atoms with Crippen LogP contribution in [0.3, 0.4) is 0 Å². The second-order valence-corrected chi connectivity index (χ2v) is 3.61. The Balaban J connectivity index is 0.00000112. The van der Waals surface area contributed by atoms with Crippen LogP contribution in [0.25, 0.3) is 0 Å². The Morgan fingerprint density at radius 1 is 1.27 bits per heavy atom. The number of hydrogen-bond donors (Lipinski definition) is 0. The van der Waals surface area contributed by atoms with E-state index in [2.05, 4.69) is 6.58 Å². The molecule has 0 aromatic heterocycles. The van der Waals surface area contributed by atoms with Gasteiger partial charge in [0.05, 0.1) is 13.0 Å². The predicted molar refractivity (Wildman–Crippen MR) is 57.5 cm³/mol. The van der Waals surface area contributed by atoms with Crippen molar-refractivity contribution >= 4 is 11.6 Å². The lowest BCUT2D eigenvalue weighted by Gasteiger charge is -2.25. The Morgan fingerprint density at radius 2 is 1.93 bits per heavy atom. The number of hydrogen-bond acceptors (Lipinski definition) is 1. The van der Waals surface area contributed by atoms with Gasteiger partial charge in [-0.1, -0.05) is 18.2 Å². The van der Waals surface area contributed by atoms with Gasteiger partial charge in [-0.15, -0.1) is 0 Å². The van der Waals surface area contributed by atoms with Gasteiger partial charge >= 0.3 is 5.91 Å². The van der Waals surface area contributed by atoms with Gasteiger partial charge in [0.15, 0.2) is 0 Å². The van der Waals surface area contributed by atoms with Crippen LogP contribution in [0.15, 0.2) is 43.1 Å². The molecule has 1 heterocycles. The van der Waals surface area contributed by atoms with Crippen molar-refractivity contribution in [3.05, 3.63) is 43.1 Å². The highest BCUT2D eigenvalue weighted by Gasteiger charge is 2.41. The molecule has 0 N–H and O–H groups in total. The maximum atomic E-state index is 11.8. The number of quaternary nitrogens is 1. The van der Waals surface area contributed by atoms with E-state index in [9.17, 15) is 4.79 Å². The molecule has 3 heteroatoms. The molecular formula is C12H14BrNO. The Hall–Kier alpha value is -0.930. The molecule has 1 aromatic rings. The number of amides is 1. The van der Waals surface area contributed by atoms with Crippen molar-refractivity contribution in [1.82, 2.24) is 4.48 Å². The topological polar surface area (TPSA) is 17.1 Å². The molecule has 0 spiro atoms. The Kier molecular flexibility index (Phi) is 3.83. The minimum atomic E-state index is 0. The summed E-state index contributed by atoms with van der Waals surface area (Å²) >= 11 is 0. The third-order valence-corrected chi connectivity index (χ3v) is 2.88. The van der Waals surface area contributed by atoms with E-state index in [-0.39, 0.29) is 22.9 Å². The maximum Gasteiger partial charge on any atom is 0.323 e. The first-order valence-corrected chi connectivity index (χ1v) is 4.90. The zero-order chi connectivity index (χ0) is 10.0. The molecule has 2 rings (SSSR count). The zero-order valence-corrected chi connectivity index (χ0v) is 10.1. The van der Waals surface area contributed by atoms with Crippen molar-refractivity contribution in [2.75, 3.05) is 6.54 Å². The average molecular weight is 268 g/mol. The molecule has 0 bridgehead atoms. The second-order valence-electron chi connectivity index (χ2n) is 3.61. The number of para-hydroxylation sites is 1. The molecule has 1 amide bonds. The van der Waals surface area contributed by atoms with Crippen LogP contribution in [0.5, 0.6) is 0 Å². The third-order valence-electron chi connectivity index (χ3n) is 2.88. The lowest BCUT2D eigenvalue weighted by atomic mass is 10.2. The molecule has 15 heavy (non-hydrogen) atoms. The molecule has 0 radical (unpaired) electrons. The summed E-state index contributed by atoms with van der Waals surface area (Å²) in [5.41, 5.74) is 1.03. The normalized spacial score (nSPS) is 24.7. The monoisotopic (exact) mass is 267 g/mol. The predicted octanol–water partition coefficient (Wildman–Crippen LogP) is -0.538. The third kappa shape index (κ3) is 1.90. The molecule has 1 aliphatic rings. The molecular weight excluding hydrogens is 254 g/mol. The highest BCUT2D eigenvalue weighted by atomic mass is 79.9. The van der Waals surface area contributed by atoms with Crippen molar-refractivity contribution in [3.63, 3.8) is 0 Å². The Morgan fingerprint density at radius 3 is 2.40 bits per heavy atom. The van der Waals surface area contributed by atoms with E-state index in [0.717, 1.165) is 18.7 Å². The summed E-state index contributed by atoms with van der Waals surface area (Å²) < 4.78 is 0.320. The van der Waals surface area contributed by atoms with Crippen LogP contribution in [-0.2, 0) is 4.79 Å². The van der Waals surface area contributed by atoms with Gasteiger partial charge in [0, 0.05) is 18.6 Å². The van der Waals surface area contributed by atoms with Gasteiger partial charge in [-0.2, -0.15) is 0 Å². The smallest absolute Gasteiger partial charge is 0.323 e. The van der Waals surface area contributed by atoms with Gasteiger partial charge in [0.25, 0.3) is 0 Å². The van der Waals surface area contributed by atoms with E-state index in [4.69, 9.17) is 0 Å². The number of benzene rings is 1. The van der Waals surface area contributed by atoms with E-state index < -0.39 is 0 Å². The van der Waals surface area contributed by atoms with Crippen LogP contribution >= 0.6 is 0 Å². The average Bonchev–Trinajstić information content (AvgIpc) is 2.62. The molecule has 80 valence electrons. The first kappa shape index (κ1) is 12.1. The van der Waals surface area contributed by atoms with Crippen molar-refractivity contribution in [2.24, 2.45) is 0 Å². The van der Waals surface area contributed by atoms with Crippen LogP contribution in [0.1, 0.15) is 12.8 Å². The molecule has 0 saturated carbocycles. The van der Waals surface area contributed by atoms with Crippen LogP contribution in [0.2, 0.25) is 0 Å². The Labute approximate surface area is 101 Å². The summed E-state index contributed by atoms with van der Waals surface area (Å²) in [6.45, 7) is 4.65. The molecule has 2 nitrogen and oxygen atoms in total. The minimum Gasteiger partial charge on any atom is -1.00 e. The SMILES string of the molecule is C=C[N+]1(c2ccccc2)CCCC1=O.[Br-]. The van der Waals surface area contributed by atoms with Gasteiger partial charge in [0.2, 0.25) is 0 Å². The van der Waals surface area contributed by atoms with Crippen molar-refractivity contribution in [2.45, 2.75) is 12.8 Å². The number of likely N-dealkylation sites (tertiary alicyclic amines) is 1. The highest BCUT2D eigenvalue weighted by molar-refractivity contribution is 5.91. The molecule has 1 unspecified atom stereocenters. The summed E-state index contributed by atoms with van der Waals surface area (Å²) in [6.07, 6.45) is 3.38. The van der Waals surface area contributed by atoms with Crippen LogP contribution in [0, 0.1) is 0 Å². The summed E-state index contributed by atoms with van der Waals surface area (Å²) in [5, 5.41) is 0. The van der Waals surface area contributed by atoms with E-state index in [0.29, 0.717) is 10.9 Å². The Bertz CT molecular complexity index is 363. The summed E-state index contributed by atoms with van der Waals surface area (Å²) in [4.78, 5) is 11.8. The van der Waals surface area contributed by atoms with E-state index in [1.807, 2.05) is 30.3 Å². The second kappa shape index (κ2) is 4.73. The fourth-order valence-electron chi connectivity index (χ4n) is 2.07. The van der Waals surface area contributed by atoms with Crippen molar-refractivity contribution < 1.29 is 21.8 Å². The molecule has 1 aliphatic heterocycles. The standard InChI is InChI=1S/C12H14NO.BrH/c1-2-13(10-6-9-12(13)14)11-7-4-3-5-8-11;/h2-5,7-8H,1,6,9-10H2;1H/q+1;/p-1. The number of halogens is 1. The summed E-state index contributed by atoms with van der Waals surface area (Å²) in [7, 11) is 0. The zero-order valence-electron chi connectivity index (χ0n) is 8.53. The van der Waals surface area contributed by atoms with Gasteiger partial charge < -0.3 is 17.0 Å². The van der Waals surface area contributed by atoms with Gasteiger partial charge in [-0.25, -0.2) is 9.28 Å². The van der Waals surface area contributed by atoms with E-state index in [1.54, 1.807) is 6.20 Å². The lowest BCUT2D eigenvalue weighted by Crippen LogP contribution is -3.00. The van der Waals surface area contributed by atoms with Crippen LogP contribution in [0.4, 0.5) is 5.69 Å². The maximum absolute atomic E-state index is 11.8. The van der Waals surface area contributed by atoms with Crippen LogP contribution < -0.4 is 21.5 Å². The summed E-state index contributed by atoms with van der Waals surface area (Å²) in [5.74, 6) is 0.256. The minimum absolute atomic E-state index is 0. The highest BCUT2D eigenvalue weighted by Crippen LogP contribution is 2.30. The van der Waals surface area contributed by atoms with Gasteiger partial charge in [0.1, 0.15) is 11.9 Å². The van der Waals surface area contributed by atoms with Crippen molar-refractivity contribution in [3.8, 4) is 0 Å². The first-order valence-electron chi connectivity index (χ1n) is 4.90. The van der Waals surface area contributed by atoms with Gasteiger partial charge in [-0.3, -0.25) is 0 Å². The molecule has 1 atom stereocenters. The quantitative estimate of drug-likeness (QED) is 0.659. The molecule has 1 saturated heterocycles. The molecule has 1 aromatic carbocycles. The number of nitrogens with zero attached hydrogens (tertiary/aromatic N) is 1. The summed E-state index contributed by atoms with van der Waals surface area (Å²) in [6, 6.07) is 9.87. The number of carbonyl (C=O) groups is 1. The molecule has 0 aliphatic carbocycles. The largest absolute Gasteiger partial charge is 1.00 e. The first-order chi connectivity index (χ1) is 6.79. The number of carbonyl (C=O) groups excluding carboxylic acids is 1. The van der Waals surface area contributed by atoms with E-state index in [1.165, 1.54) is 0 Å². The van der Waals surface area contributed by atoms with Gasteiger partial charge in [-0.05, 0) is 6.58 Å². The number of rotatable bonds is 2. The van der Waals surface area contributed by atoms with Crippen LogP contribution in [-0.4, -0.2) is 12.5 Å². The van der Waals surface area contributed by atoms with E-state index >= 15 is 0 Å².